The third kappa shape index (κ3) is 2.48. The van der Waals surface area contributed by atoms with E-state index in [2.05, 4.69) is 5.32 Å². The number of halogens is 3. The number of ether oxygens (including phenoxy) is 2. The van der Waals surface area contributed by atoms with Crippen LogP contribution in [-0.2, 0) is 15.7 Å². The first-order chi connectivity index (χ1) is 9.05. The molecule has 1 aromatic carbocycles. The molecule has 104 valence electrons. The second-order valence-electron chi connectivity index (χ2n) is 4.76. The molecule has 3 unspecified atom stereocenters. The van der Waals surface area contributed by atoms with Crippen LogP contribution in [0.3, 0.4) is 0 Å². The molecule has 3 rings (SSSR count). The van der Waals surface area contributed by atoms with Gasteiger partial charge >= 0.3 is 6.18 Å². The maximum atomic E-state index is 12.9. The highest BCUT2D eigenvalue weighted by Gasteiger charge is 2.42. The SMILES string of the molecule is FC(F)(F)c1ccccc1C1OC2CCNCC2O1. The van der Waals surface area contributed by atoms with Crippen molar-refractivity contribution in [1.82, 2.24) is 5.32 Å². The molecule has 2 saturated heterocycles. The van der Waals surface area contributed by atoms with Gasteiger partial charge in [-0.25, -0.2) is 0 Å². The molecule has 3 atom stereocenters. The second-order valence-corrected chi connectivity index (χ2v) is 4.76. The average Bonchev–Trinajstić information content (AvgIpc) is 2.81. The zero-order valence-electron chi connectivity index (χ0n) is 10.1. The Morgan fingerprint density at radius 2 is 1.84 bits per heavy atom. The summed E-state index contributed by atoms with van der Waals surface area (Å²) in [5, 5.41) is 3.15. The van der Waals surface area contributed by atoms with Crippen LogP contribution in [0, 0.1) is 0 Å². The first kappa shape index (κ1) is 12.9. The fraction of sp³-hybridized carbons (Fsp3) is 0.538. The summed E-state index contributed by atoms with van der Waals surface area (Å²) in [6.45, 7) is 1.42. The van der Waals surface area contributed by atoms with Crippen molar-refractivity contribution in [2.24, 2.45) is 0 Å². The van der Waals surface area contributed by atoms with Gasteiger partial charge in [0.2, 0.25) is 0 Å². The Morgan fingerprint density at radius 3 is 2.58 bits per heavy atom. The molecule has 19 heavy (non-hydrogen) atoms. The molecule has 2 aliphatic rings. The number of hydrogen-bond acceptors (Lipinski definition) is 3. The van der Waals surface area contributed by atoms with Crippen LogP contribution in [-0.4, -0.2) is 25.3 Å². The van der Waals surface area contributed by atoms with Gasteiger partial charge in [0.15, 0.2) is 6.29 Å². The molecule has 3 nitrogen and oxygen atoms in total. The van der Waals surface area contributed by atoms with Crippen molar-refractivity contribution in [2.45, 2.75) is 31.1 Å². The number of hydrogen-bond donors (Lipinski definition) is 1. The maximum Gasteiger partial charge on any atom is 0.416 e. The van der Waals surface area contributed by atoms with E-state index in [1.807, 2.05) is 0 Å². The van der Waals surface area contributed by atoms with Crippen LogP contribution in [0.4, 0.5) is 13.2 Å². The Labute approximate surface area is 108 Å². The fourth-order valence-corrected chi connectivity index (χ4v) is 2.55. The highest BCUT2D eigenvalue weighted by atomic mass is 19.4. The normalized spacial score (nSPS) is 31.2. The minimum Gasteiger partial charge on any atom is -0.342 e. The fourth-order valence-electron chi connectivity index (χ4n) is 2.55. The van der Waals surface area contributed by atoms with Crippen molar-refractivity contribution in [3.8, 4) is 0 Å². The van der Waals surface area contributed by atoms with E-state index in [9.17, 15) is 13.2 Å². The largest absolute Gasteiger partial charge is 0.416 e. The maximum absolute atomic E-state index is 12.9. The number of piperidine rings is 1. The third-order valence-electron chi connectivity index (χ3n) is 3.48. The van der Waals surface area contributed by atoms with Gasteiger partial charge in [-0.05, 0) is 19.0 Å². The van der Waals surface area contributed by atoms with Crippen LogP contribution in [0.25, 0.3) is 0 Å². The van der Waals surface area contributed by atoms with Crippen LogP contribution in [0.15, 0.2) is 24.3 Å². The van der Waals surface area contributed by atoms with Gasteiger partial charge in [0.1, 0.15) is 0 Å². The minimum absolute atomic E-state index is 0.0596. The molecule has 0 aliphatic carbocycles. The van der Waals surface area contributed by atoms with E-state index in [1.165, 1.54) is 12.1 Å². The van der Waals surface area contributed by atoms with Gasteiger partial charge in [-0.1, -0.05) is 18.2 Å². The lowest BCUT2D eigenvalue weighted by Gasteiger charge is -2.22. The summed E-state index contributed by atoms with van der Waals surface area (Å²) in [5.74, 6) is 0. The molecule has 0 aromatic heterocycles. The molecule has 0 saturated carbocycles. The summed E-state index contributed by atoms with van der Waals surface area (Å²) in [6.07, 6.45) is -4.84. The predicted octanol–water partition coefficient (Wildman–Crippen LogP) is 2.48. The molecule has 1 aromatic rings. The van der Waals surface area contributed by atoms with Crippen molar-refractivity contribution in [3.63, 3.8) is 0 Å². The van der Waals surface area contributed by atoms with E-state index in [0.29, 0.717) is 6.54 Å². The Morgan fingerprint density at radius 1 is 1.11 bits per heavy atom. The van der Waals surface area contributed by atoms with Gasteiger partial charge in [0.05, 0.1) is 17.8 Å². The predicted molar refractivity (Wildman–Crippen MR) is 61.4 cm³/mol. The summed E-state index contributed by atoms with van der Waals surface area (Å²) in [7, 11) is 0. The van der Waals surface area contributed by atoms with Crippen molar-refractivity contribution in [2.75, 3.05) is 13.1 Å². The van der Waals surface area contributed by atoms with Crippen LogP contribution in [0.1, 0.15) is 23.8 Å². The van der Waals surface area contributed by atoms with E-state index in [-0.39, 0.29) is 17.8 Å². The second kappa shape index (κ2) is 4.77. The lowest BCUT2D eigenvalue weighted by Crippen LogP contribution is -2.41. The Balaban J connectivity index is 1.87. The lowest BCUT2D eigenvalue weighted by molar-refractivity contribution is -0.143. The topological polar surface area (TPSA) is 30.5 Å². The number of rotatable bonds is 1. The summed E-state index contributed by atoms with van der Waals surface area (Å²) in [6, 6.07) is 5.41. The monoisotopic (exact) mass is 273 g/mol. The first-order valence-corrected chi connectivity index (χ1v) is 6.23. The molecule has 0 spiro atoms. The number of fused-ring (bicyclic) bond motifs is 1. The molecular formula is C13H14F3NO2. The van der Waals surface area contributed by atoms with Crippen molar-refractivity contribution >= 4 is 0 Å². The smallest absolute Gasteiger partial charge is 0.342 e. The highest BCUT2D eigenvalue weighted by Crippen LogP contribution is 2.40. The summed E-state index contributed by atoms with van der Waals surface area (Å²) in [4.78, 5) is 0. The van der Waals surface area contributed by atoms with Crippen LogP contribution in [0.2, 0.25) is 0 Å². The van der Waals surface area contributed by atoms with E-state index in [1.54, 1.807) is 6.07 Å². The molecule has 2 fully saturated rings. The number of alkyl halides is 3. The molecular weight excluding hydrogens is 259 g/mol. The molecule has 6 heteroatoms. The summed E-state index contributed by atoms with van der Waals surface area (Å²) < 4.78 is 50.1. The van der Waals surface area contributed by atoms with E-state index >= 15 is 0 Å². The van der Waals surface area contributed by atoms with Gasteiger partial charge < -0.3 is 14.8 Å². The van der Waals surface area contributed by atoms with Crippen molar-refractivity contribution in [3.05, 3.63) is 35.4 Å². The molecule has 2 aliphatic heterocycles. The van der Waals surface area contributed by atoms with Crippen LogP contribution >= 0.6 is 0 Å². The molecule has 0 amide bonds. The average molecular weight is 273 g/mol. The molecule has 0 radical (unpaired) electrons. The summed E-state index contributed by atoms with van der Waals surface area (Å²) >= 11 is 0. The van der Waals surface area contributed by atoms with E-state index < -0.39 is 18.0 Å². The van der Waals surface area contributed by atoms with Crippen LogP contribution < -0.4 is 5.32 Å². The molecule has 2 heterocycles. The third-order valence-corrected chi connectivity index (χ3v) is 3.48. The number of benzene rings is 1. The van der Waals surface area contributed by atoms with Gasteiger partial charge in [-0.2, -0.15) is 13.2 Å². The van der Waals surface area contributed by atoms with E-state index in [0.717, 1.165) is 19.0 Å². The van der Waals surface area contributed by atoms with Gasteiger partial charge in [0.25, 0.3) is 0 Å². The van der Waals surface area contributed by atoms with Gasteiger partial charge in [-0.3, -0.25) is 0 Å². The molecule has 1 N–H and O–H groups in total. The zero-order chi connectivity index (χ0) is 13.5. The van der Waals surface area contributed by atoms with Crippen molar-refractivity contribution in [1.29, 1.82) is 0 Å². The molecule has 0 bridgehead atoms. The van der Waals surface area contributed by atoms with Crippen molar-refractivity contribution < 1.29 is 22.6 Å². The minimum atomic E-state index is -4.39. The Hall–Kier alpha value is -1.11. The summed E-state index contributed by atoms with van der Waals surface area (Å²) in [5.41, 5.74) is -0.629. The van der Waals surface area contributed by atoms with Gasteiger partial charge in [0, 0.05) is 12.1 Å². The lowest BCUT2D eigenvalue weighted by atomic mass is 10.1. The highest BCUT2D eigenvalue weighted by molar-refractivity contribution is 5.31. The Kier molecular flexibility index (Phi) is 3.24. The Bertz CT molecular complexity index is 449. The van der Waals surface area contributed by atoms with Gasteiger partial charge in [-0.15, -0.1) is 0 Å². The zero-order valence-corrected chi connectivity index (χ0v) is 10.1. The van der Waals surface area contributed by atoms with Crippen LogP contribution in [0.5, 0.6) is 0 Å². The standard InChI is InChI=1S/C13H14F3NO2/c14-13(15,16)9-4-2-1-3-8(9)12-18-10-5-6-17-7-11(10)19-12/h1-4,10-12,17H,5-7H2. The quantitative estimate of drug-likeness (QED) is 0.852. The number of nitrogens with one attached hydrogen (secondary N) is 1. The van der Waals surface area contributed by atoms with E-state index in [4.69, 9.17) is 9.47 Å². The first-order valence-electron chi connectivity index (χ1n) is 6.23.